The number of hydrogen-bond acceptors (Lipinski definition) is 5. The normalized spacial score (nSPS) is 10.1. The van der Waals surface area contributed by atoms with Crippen molar-refractivity contribution in [1.29, 1.82) is 0 Å². The Balaban J connectivity index is 3.17. The zero-order valence-electron chi connectivity index (χ0n) is 14.9. The molecule has 5 nitrogen and oxygen atoms in total. The lowest BCUT2D eigenvalue weighted by atomic mass is 10.1. The molecule has 0 spiro atoms. The maximum absolute atomic E-state index is 11.9. The number of benzene rings is 1. The van der Waals surface area contributed by atoms with Crippen LogP contribution in [0.25, 0.3) is 0 Å². The van der Waals surface area contributed by atoms with Crippen LogP contribution in [0.4, 0.5) is 0 Å². The highest BCUT2D eigenvalue weighted by molar-refractivity contribution is 5.91. The van der Waals surface area contributed by atoms with E-state index in [0.717, 1.165) is 25.7 Å². The zero-order valence-corrected chi connectivity index (χ0v) is 14.9. The van der Waals surface area contributed by atoms with Gasteiger partial charge in [-0.25, -0.2) is 4.79 Å². The van der Waals surface area contributed by atoms with Gasteiger partial charge < -0.3 is 18.9 Å². The van der Waals surface area contributed by atoms with Gasteiger partial charge in [0.2, 0.25) is 5.75 Å². The number of ether oxygens (including phenoxy) is 4. The summed E-state index contributed by atoms with van der Waals surface area (Å²) in [5.41, 5.74) is 0.376. The smallest absolute Gasteiger partial charge is 0.338 e. The van der Waals surface area contributed by atoms with Crippen LogP contribution >= 0.6 is 0 Å². The molecule has 0 N–H and O–H groups in total. The van der Waals surface area contributed by atoms with Crippen LogP contribution in [0.2, 0.25) is 0 Å². The third-order valence-electron chi connectivity index (χ3n) is 3.30. The van der Waals surface area contributed by atoms with Gasteiger partial charge in [0.05, 0.1) is 25.9 Å². The molecule has 0 aliphatic rings. The maximum atomic E-state index is 11.9. The Bertz CT molecular complexity index is 493. The molecule has 134 valence electrons. The highest BCUT2D eigenvalue weighted by Crippen LogP contribution is 2.39. The van der Waals surface area contributed by atoms with Crippen molar-refractivity contribution >= 4 is 5.97 Å². The summed E-state index contributed by atoms with van der Waals surface area (Å²) in [6, 6.07) is 3.26. The fourth-order valence-corrected chi connectivity index (χ4v) is 1.96. The Labute approximate surface area is 144 Å². The minimum Gasteiger partial charge on any atom is -0.490 e. The summed E-state index contributed by atoms with van der Waals surface area (Å²) in [6.07, 6.45) is 5.50. The molecule has 0 aliphatic carbocycles. The molecule has 0 saturated heterocycles. The Morgan fingerprint density at radius 3 is 2.00 bits per heavy atom. The molecule has 0 amide bonds. The van der Waals surface area contributed by atoms with E-state index in [1.807, 2.05) is 0 Å². The molecule has 1 aromatic rings. The second-order valence-corrected chi connectivity index (χ2v) is 5.30. The summed E-state index contributed by atoms with van der Waals surface area (Å²) in [7, 11) is 1.35. The summed E-state index contributed by atoms with van der Waals surface area (Å²) in [6.45, 7) is 9.24. The molecule has 0 unspecified atom stereocenters. The maximum Gasteiger partial charge on any atom is 0.338 e. The average molecular weight is 336 g/mol. The fraction of sp³-hybridized carbons (Fsp3) is 0.526. The molecular formula is C19H28O5. The van der Waals surface area contributed by atoms with E-state index in [1.165, 1.54) is 7.11 Å². The lowest BCUT2D eigenvalue weighted by Crippen LogP contribution is -2.08. The van der Waals surface area contributed by atoms with Crippen LogP contribution in [0.1, 0.15) is 49.9 Å². The van der Waals surface area contributed by atoms with Gasteiger partial charge in [-0.05, 0) is 25.0 Å². The number of carbonyl (C=O) groups excluding carboxylic acids is 1. The Hall–Kier alpha value is -2.17. The summed E-state index contributed by atoms with van der Waals surface area (Å²) in [5, 5.41) is 0. The number of esters is 1. The van der Waals surface area contributed by atoms with Gasteiger partial charge in [-0.3, -0.25) is 0 Å². The molecule has 5 heteroatoms. The Kier molecular flexibility index (Phi) is 9.42. The third kappa shape index (κ3) is 6.14. The van der Waals surface area contributed by atoms with Gasteiger partial charge in [0.25, 0.3) is 0 Å². The first-order valence-corrected chi connectivity index (χ1v) is 8.43. The van der Waals surface area contributed by atoms with Gasteiger partial charge in [-0.2, -0.15) is 0 Å². The van der Waals surface area contributed by atoms with Gasteiger partial charge in [-0.15, -0.1) is 0 Å². The second kappa shape index (κ2) is 11.4. The van der Waals surface area contributed by atoms with Gasteiger partial charge in [-0.1, -0.05) is 39.3 Å². The SMILES string of the molecule is C=CCOc1c(OCCCC)cc(C(=O)OC)cc1OCCCC. The molecule has 1 aromatic carbocycles. The van der Waals surface area contributed by atoms with E-state index >= 15 is 0 Å². The predicted molar refractivity (Wildman–Crippen MR) is 94.3 cm³/mol. The molecule has 0 bridgehead atoms. The van der Waals surface area contributed by atoms with Crippen molar-refractivity contribution in [3.05, 3.63) is 30.4 Å². The van der Waals surface area contributed by atoms with Gasteiger partial charge in [0.1, 0.15) is 6.61 Å². The van der Waals surface area contributed by atoms with Crippen LogP contribution in [-0.4, -0.2) is 32.9 Å². The first kappa shape index (κ1) is 19.9. The fourth-order valence-electron chi connectivity index (χ4n) is 1.96. The molecule has 0 saturated carbocycles. The Morgan fingerprint density at radius 2 is 1.58 bits per heavy atom. The standard InChI is InChI=1S/C19H28O5/c1-5-8-11-22-16-13-15(19(20)21-4)14-17(23-12-9-6-2)18(16)24-10-7-3/h7,13-14H,3,5-6,8-12H2,1-2,4H3. The van der Waals surface area contributed by atoms with Crippen molar-refractivity contribution in [2.24, 2.45) is 0 Å². The van der Waals surface area contributed by atoms with Crippen LogP contribution < -0.4 is 14.2 Å². The quantitative estimate of drug-likeness (QED) is 0.322. The van der Waals surface area contributed by atoms with E-state index < -0.39 is 5.97 Å². The topological polar surface area (TPSA) is 54.0 Å². The number of carbonyl (C=O) groups is 1. The lowest BCUT2D eigenvalue weighted by molar-refractivity contribution is 0.0599. The minimum atomic E-state index is -0.439. The van der Waals surface area contributed by atoms with Crippen molar-refractivity contribution in [2.75, 3.05) is 26.9 Å². The van der Waals surface area contributed by atoms with Crippen LogP contribution in [0.15, 0.2) is 24.8 Å². The van der Waals surface area contributed by atoms with E-state index in [2.05, 4.69) is 20.4 Å². The molecule has 0 aliphatic heterocycles. The third-order valence-corrected chi connectivity index (χ3v) is 3.30. The molecule has 0 fully saturated rings. The highest BCUT2D eigenvalue weighted by Gasteiger charge is 2.19. The molecule has 0 atom stereocenters. The minimum absolute atomic E-state index is 0.325. The lowest BCUT2D eigenvalue weighted by Gasteiger charge is -2.17. The monoisotopic (exact) mass is 336 g/mol. The van der Waals surface area contributed by atoms with Crippen LogP contribution in [-0.2, 0) is 4.74 Å². The van der Waals surface area contributed by atoms with E-state index in [1.54, 1.807) is 18.2 Å². The van der Waals surface area contributed by atoms with Crippen LogP contribution in [0.5, 0.6) is 17.2 Å². The highest BCUT2D eigenvalue weighted by atomic mass is 16.5. The van der Waals surface area contributed by atoms with Gasteiger partial charge in [0, 0.05) is 0 Å². The van der Waals surface area contributed by atoms with Crippen molar-refractivity contribution in [1.82, 2.24) is 0 Å². The van der Waals surface area contributed by atoms with Crippen molar-refractivity contribution < 1.29 is 23.7 Å². The molecular weight excluding hydrogens is 308 g/mol. The first-order valence-electron chi connectivity index (χ1n) is 8.43. The molecule has 24 heavy (non-hydrogen) atoms. The number of methoxy groups -OCH3 is 1. The van der Waals surface area contributed by atoms with E-state index in [-0.39, 0.29) is 0 Å². The summed E-state index contributed by atoms with van der Waals surface area (Å²) < 4.78 is 22.2. The first-order chi connectivity index (χ1) is 11.7. The van der Waals surface area contributed by atoms with Crippen molar-refractivity contribution in [3.63, 3.8) is 0 Å². The number of hydrogen-bond donors (Lipinski definition) is 0. The average Bonchev–Trinajstić information content (AvgIpc) is 2.60. The molecule has 1 rings (SSSR count). The molecule has 0 aromatic heterocycles. The summed E-state index contributed by atoms with van der Waals surface area (Å²) >= 11 is 0. The van der Waals surface area contributed by atoms with Gasteiger partial charge in [0.15, 0.2) is 11.5 Å². The van der Waals surface area contributed by atoms with E-state index in [9.17, 15) is 4.79 Å². The largest absolute Gasteiger partial charge is 0.490 e. The van der Waals surface area contributed by atoms with E-state index in [4.69, 9.17) is 18.9 Å². The summed E-state index contributed by atoms with van der Waals surface area (Å²) in [4.78, 5) is 11.9. The Morgan fingerprint density at radius 1 is 1.04 bits per heavy atom. The number of unbranched alkanes of at least 4 members (excludes halogenated alkanes) is 2. The van der Waals surface area contributed by atoms with Gasteiger partial charge >= 0.3 is 5.97 Å². The summed E-state index contributed by atoms with van der Waals surface area (Å²) in [5.74, 6) is 1.03. The van der Waals surface area contributed by atoms with Crippen LogP contribution in [0.3, 0.4) is 0 Å². The zero-order chi connectivity index (χ0) is 17.8. The molecule has 0 radical (unpaired) electrons. The van der Waals surface area contributed by atoms with Crippen molar-refractivity contribution in [3.8, 4) is 17.2 Å². The second-order valence-electron chi connectivity index (χ2n) is 5.30. The molecule has 0 heterocycles. The van der Waals surface area contributed by atoms with Crippen molar-refractivity contribution in [2.45, 2.75) is 39.5 Å². The number of rotatable bonds is 12. The predicted octanol–water partition coefficient (Wildman–Crippen LogP) is 4.40. The van der Waals surface area contributed by atoms with E-state index in [0.29, 0.717) is 42.6 Å². The van der Waals surface area contributed by atoms with Crippen LogP contribution in [0, 0.1) is 0 Å².